The van der Waals surface area contributed by atoms with E-state index in [9.17, 15) is 24.1 Å². The third-order valence-electron chi connectivity index (χ3n) is 5.37. The monoisotopic (exact) mass is 398 g/mol. The van der Waals surface area contributed by atoms with Crippen LogP contribution in [0.4, 0.5) is 21.5 Å². The molecule has 0 spiro atoms. The molecule has 0 saturated carbocycles. The van der Waals surface area contributed by atoms with Crippen molar-refractivity contribution in [1.29, 1.82) is 0 Å². The Morgan fingerprint density at radius 2 is 1.66 bits per heavy atom. The molecule has 1 unspecified atom stereocenters. The van der Waals surface area contributed by atoms with Gasteiger partial charge in [0.2, 0.25) is 5.91 Å². The van der Waals surface area contributed by atoms with E-state index in [0.717, 1.165) is 10.6 Å². The van der Waals surface area contributed by atoms with Gasteiger partial charge in [0.15, 0.2) is 0 Å². The van der Waals surface area contributed by atoms with E-state index in [1.165, 1.54) is 36.4 Å². The third-order valence-corrected chi connectivity index (χ3v) is 5.37. The summed E-state index contributed by atoms with van der Waals surface area (Å²) in [5, 5.41) is 11.0. The average molecular weight is 398 g/mol. The Balaban J connectivity index is 1.45. The predicted octanol–water partition coefficient (Wildman–Crippen LogP) is 2.19. The van der Waals surface area contributed by atoms with Gasteiger partial charge in [0, 0.05) is 44.0 Å². The summed E-state index contributed by atoms with van der Waals surface area (Å²) in [7, 11) is 0. The number of halogens is 1. The maximum atomic E-state index is 13.1. The van der Waals surface area contributed by atoms with Crippen LogP contribution in [0.15, 0.2) is 48.5 Å². The van der Waals surface area contributed by atoms with Gasteiger partial charge in [0.1, 0.15) is 5.82 Å². The Kier molecular flexibility index (Phi) is 4.98. The Labute approximate surface area is 166 Å². The number of non-ortho nitro benzene ring substituents is 1. The van der Waals surface area contributed by atoms with Crippen molar-refractivity contribution in [2.75, 3.05) is 36.0 Å². The van der Waals surface area contributed by atoms with Crippen molar-refractivity contribution in [2.24, 2.45) is 0 Å². The highest BCUT2D eigenvalue weighted by Gasteiger charge is 2.43. The number of benzene rings is 2. The average Bonchev–Trinajstić information content (AvgIpc) is 3.03. The van der Waals surface area contributed by atoms with Gasteiger partial charge >= 0.3 is 0 Å². The summed E-state index contributed by atoms with van der Waals surface area (Å²) in [6.45, 7) is 2.48. The lowest BCUT2D eigenvalue weighted by Crippen LogP contribution is -2.52. The van der Waals surface area contributed by atoms with Crippen LogP contribution in [0.3, 0.4) is 0 Å². The molecular weight excluding hydrogens is 379 g/mol. The van der Waals surface area contributed by atoms with Crippen LogP contribution in [-0.4, -0.2) is 53.9 Å². The van der Waals surface area contributed by atoms with Crippen LogP contribution >= 0.6 is 0 Å². The van der Waals surface area contributed by atoms with E-state index in [0.29, 0.717) is 26.2 Å². The van der Waals surface area contributed by atoms with E-state index in [-0.39, 0.29) is 35.4 Å². The fourth-order valence-electron chi connectivity index (χ4n) is 3.86. The van der Waals surface area contributed by atoms with Crippen LogP contribution < -0.4 is 9.80 Å². The number of anilines is 2. The standard InChI is InChI=1S/C20H19FN4O4/c21-14-4-6-15(7-5-14)22-8-10-23(11-9-22)18-13-19(26)24(20(18)27)16-2-1-3-17(12-16)25(28)29/h1-7,12,18H,8-11,13H2. The van der Waals surface area contributed by atoms with Crippen molar-refractivity contribution in [3.8, 4) is 0 Å². The second-order valence-electron chi connectivity index (χ2n) is 7.06. The van der Waals surface area contributed by atoms with Gasteiger partial charge in [-0.05, 0) is 30.3 Å². The van der Waals surface area contributed by atoms with Crippen molar-refractivity contribution >= 4 is 28.9 Å². The molecule has 2 aliphatic heterocycles. The molecule has 2 fully saturated rings. The molecule has 2 heterocycles. The Hall–Kier alpha value is -3.33. The van der Waals surface area contributed by atoms with Crippen molar-refractivity contribution in [3.63, 3.8) is 0 Å². The first-order valence-corrected chi connectivity index (χ1v) is 9.30. The normalized spacial score (nSPS) is 20.4. The number of nitrogens with zero attached hydrogens (tertiary/aromatic N) is 4. The lowest BCUT2D eigenvalue weighted by Gasteiger charge is -2.38. The summed E-state index contributed by atoms with van der Waals surface area (Å²) in [5.74, 6) is -1.00. The molecule has 4 rings (SSSR count). The van der Waals surface area contributed by atoms with Gasteiger partial charge in [0.05, 0.1) is 23.1 Å². The van der Waals surface area contributed by atoms with E-state index in [1.807, 2.05) is 4.90 Å². The van der Waals surface area contributed by atoms with Gasteiger partial charge in [-0.2, -0.15) is 0 Å². The molecule has 2 aromatic rings. The predicted molar refractivity (Wildman–Crippen MR) is 104 cm³/mol. The highest BCUT2D eigenvalue weighted by atomic mass is 19.1. The molecule has 8 nitrogen and oxygen atoms in total. The lowest BCUT2D eigenvalue weighted by atomic mass is 10.1. The molecule has 0 aromatic heterocycles. The zero-order valence-electron chi connectivity index (χ0n) is 15.5. The topological polar surface area (TPSA) is 87.0 Å². The summed E-state index contributed by atoms with van der Waals surface area (Å²) in [6, 6.07) is 11.2. The van der Waals surface area contributed by atoms with Gasteiger partial charge in [-0.15, -0.1) is 0 Å². The minimum Gasteiger partial charge on any atom is -0.369 e. The minimum atomic E-state index is -0.572. The zero-order valence-corrected chi connectivity index (χ0v) is 15.5. The fraction of sp³-hybridized carbons (Fsp3) is 0.300. The molecule has 0 bridgehead atoms. The molecular formula is C20H19FN4O4. The maximum Gasteiger partial charge on any atom is 0.271 e. The third kappa shape index (κ3) is 3.68. The van der Waals surface area contributed by atoms with Crippen LogP contribution in [0.1, 0.15) is 6.42 Å². The molecule has 0 N–H and O–H groups in total. The smallest absolute Gasteiger partial charge is 0.271 e. The Bertz CT molecular complexity index is 957. The number of nitro benzene ring substituents is 1. The molecule has 2 saturated heterocycles. The van der Waals surface area contributed by atoms with E-state index < -0.39 is 11.0 Å². The zero-order chi connectivity index (χ0) is 20.5. The second-order valence-corrected chi connectivity index (χ2v) is 7.06. The number of imide groups is 1. The molecule has 2 aromatic carbocycles. The van der Waals surface area contributed by atoms with Gasteiger partial charge in [-0.3, -0.25) is 24.6 Å². The van der Waals surface area contributed by atoms with Crippen LogP contribution in [0, 0.1) is 15.9 Å². The first-order valence-electron chi connectivity index (χ1n) is 9.30. The van der Waals surface area contributed by atoms with Gasteiger partial charge < -0.3 is 4.90 Å². The Morgan fingerprint density at radius 1 is 0.966 bits per heavy atom. The molecule has 150 valence electrons. The van der Waals surface area contributed by atoms with Crippen LogP contribution in [0.2, 0.25) is 0 Å². The summed E-state index contributed by atoms with van der Waals surface area (Å²) in [6.07, 6.45) is 0.0536. The first kappa shape index (κ1) is 19.0. The van der Waals surface area contributed by atoms with Crippen molar-refractivity contribution in [1.82, 2.24) is 4.90 Å². The molecule has 2 aliphatic rings. The number of hydrogen-bond donors (Lipinski definition) is 0. The fourth-order valence-corrected chi connectivity index (χ4v) is 3.86. The SMILES string of the molecule is O=C1CC(N2CCN(c3ccc(F)cc3)CC2)C(=O)N1c1cccc([N+](=O)[O-])c1. The molecule has 0 radical (unpaired) electrons. The Morgan fingerprint density at radius 3 is 2.31 bits per heavy atom. The molecule has 0 aliphatic carbocycles. The van der Waals surface area contributed by atoms with Crippen LogP contribution in [0.25, 0.3) is 0 Å². The summed E-state index contributed by atoms with van der Waals surface area (Å²) >= 11 is 0. The molecule has 9 heteroatoms. The van der Waals surface area contributed by atoms with Crippen LogP contribution in [0.5, 0.6) is 0 Å². The largest absolute Gasteiger partial charge is 0.369 e. The number of nitro groups is 1. The summed E-state index contributed by atoms with van der Waals surface area (Å²) < 4.78 is 13.1. The van der Waals surface area contributed by atoms with Crippen molar-refractivity contribution < 1.29 is 18.9 Å². The number of carbonyl (C=O) groups is 2. The van der Waals surface area contributed by atoms with Crippen molar-refractivity contribution in [2.45, 2.75) is 12.5 Å². The number of amides is 2. The van der Waals surface area contributed by atoms with Crippen molar-refractivity contribution in [3.05, 3.63) is 64.5 Å². The maximum absolute atomic E-state index is 13.1. The van der Waals surface area contributed by atoms with E-state index in [1.54, 1.807) is 12.1 Å². The molecule has 1 atom stereocenters. The van der Waals surface area contributed by atoms with Gasteiger partial charge in [-0.1, -0.05) is 6.07 Å². The number of rotatable bonds is 4. The van der Waals surface area contributed by atoms with Gasteiger partial charge in [-0.25, -0.2) is 9.29 Å². The highest BCUT2D eigenvalue weighted by Crippen LogP contribution is 2.29. The van der Waals surface area contributed by atoms with E-state index in [4.69, 9.17) is 0 Å². The lowest BCUT2D eigenvalue weighted by molar-refractivity contribution is -0.384. The quantitative estimate of drug-likeness (QED) is 0.446. The highest BCUT2D eigenvalue weighted by molar-refractivity contribution is 6.22. The van der Waals surface area contributed by atoms with E-state index >= 15 is 0 Å². The summed E-state index contributed by atoms with van der Waals surface area (Å²) in [5.41, 5.74) is 0.971. The molecule has 29 heavy (non-hydrogen) atoms. The number of hydrogen-bond acceptors (Lipinski definition) is 6. The van der Waals surface area contributed by atoms with E-state index in [2.05, 4.69) is 4.90 Å². The molecule has 2 amide bonds. The second kappa shape index (κ2) is 7.59. The van der Waals surface area contributed by atoms with Gasteiger partial charge in [0.25, 0.3) is 11.6 Å². The number of piperazine rings is 1. The van der Waals surface area contributed by atoms with Crippen LogP contribution in [-0.2, 0) is 9.59 Å². The first-order chi connectivity index (χ1) is 13.9. The minimum absolute atomic E-state index is 0.0536. The number of carbonyl (C=O) groups excluding carboxylic acids is 2. The summed E-state index contributed by atoms with van der Waals surface area (Å²) in [4.78, 5) is 41.0.